The molecular formula is C11H16N2O4. The van der Waals surface area contributed by atoms with E-state index in [1.165, 1.54) is 4.90 Å². The zero-order valence-electron chi connectivity index (χ0n) is 10.1. The predicted molar refractivity (Wildman–Crippen MR) is 59.9 cm³/mol. The maximum Gasteiger partial charge on any atom is 0.374 e. The Kier molecular flexibility index (Phi) is 4.25. The molecule has 1 heterocycles. The molecule has 1 rings (SSSR count). The Morgan fingerprint density at radius 1 is 1.59 bits per heavy atom. The van der Waals surface area contributed by atoms with Gasteiger partial charge in [-0.25, -0.2) is 4.79 Å². The van der Waals surface area contributed by atoms with E-state index in [0.717, 1.165) is 12.5 Å². The van der Waals surface area contributed by atoms with Crippen molar-refractivity contribution in [3.63, 3.8) is 0 Å². The second-order valence-corrected chi connectivity index (χ2v) is 4.08. The number of nitrogens with zero attached hydrogens (tertiary/aromatic N) is 2. The van der Waals surface area contributed by atoms with E-state index in [-0.39, 0.29) is 17.4 Å². The summed E-state index contributed by atoms with van der Waals surface area (Å²) in [5.41, 5.74) is 0.0215. The summed E-state index contributed by atoms with van der Waals surface area (Å²) in [7, 11) is 1.66. The number of hydrogen-bond donors (Lipinski definition) is 1. The monoisotopic (exact) mass is 240 g/mol. The van der Waals surface area contributed by atoms with E-state index in [2.05, 4.69) is 9.68 Å². The van der Waals surface area contributed by atoms with Crippen molar-refractivity contribution >= 4 is 11.9 Å². The normalized spacial score (nSPS) is 12.2. The van der Waals surface area contributed by atoms with Crippen LogP contribution in [0.15, 0.2) is 10.6 Å². The van der Waals surface area contributed by atoms with Crippen molar-refractivity contribution in [3.8, 4) is 0 Å². The summed E-state index contributed by atoms with van der Waals surface area (Å²) in [4.78, 5) is 23.9. The second kappa shape index (κ2) is 5.47. The van der Waals surface area contributed by atoms with Gasteiger partial charge in [-0.3, -0.25) is 4.79 Å². The third-order valence-electron chi connectivity index (χ3n) is 2.57. The Hall–Kier alpha value is -1.85. The molecule has 0 saturated carbocycles. The van der Waals surface area contributed by atoms with E-state index in [4.69, 9.17) is 5.11 Å². The van der Waals surface area contributed by atoms with Gasteiger partial charge in [-0.05, 0) is 5.92 Å². The zero-order valence-corrected chi connectivity index (χ0v) is 10.1. The van der Waals surface area contributed by atoms with Gasteiger partial charge < -0.3 is 14.5 Å². The Bertz CT molecular complexity index is 413. The van der Waals surface area contributed by atoms with Crippen molar-refractivity contribution < 1.29 is 19.2 Å². The first-order valence-corrected chi connectivity index (χ1v) is 5.41. The Morgan fingerprint density at radius 2 is 2.24 bits per heavy atom. The number of carbonyl (C=O) groups excluding carboxylic acids is 1. The van der Waals surface area contributed by atoms with Gasteiger partial charge in [0.1, 0.15) is 0 Å². The summed E-state index contributed by atoms with van der Waals surface area (Å²) in [5.74, 6) is -1.51. The number of carbonyl (C=O) groups is 2. The van der Waals surface area contributed by atoms with E-state index in [1.807, 2.05) is 13.8 Å². The number of rotatable bonds is 5. The van der Waals surface area contributed by atoms with Crippen LogP contribution in [0.1, 0.15) is 41.3 Å². The van der Waals surface area contributed by atoms with Crippen LogP contribution in [0.4, 0.5) is 0 Å². The zero-order chi connectivity index (χ0) is 13.0. The maximum atomic E-state index is 11.8. The van der Waals surface area contributed by atoms with Crippen molar-refractivity contribution in [2.45, 2.75) is 20.3 Å². The first-order chi connectivity index (χ1) is 7.95. The predicted octanol–water partition coefficient (Wildman–Crippen LogP) is 1.49. The largest absolute Gasteiger partial charge is 0.475 e. The molecule has 0 saturated heterocycles. The average molecular weight is 240 g/mol. The van der Waals surface area contributed by atoms with Crippen LogP contribution in [0.3, 0.4) is 0 Å². The molecule has 1 unspecified atom stereocenters. The minimum absolute atomic E-state index is 0.0215. The number of aromatic carboxylic acids is 1. The van der Waals surface area contributed by atoms with E-state index < -0.39 is 5.97 Å². The lowest BCUT2D eigenvalue weighted by molar-refractivity contribution is 0.0649. The summed E-state index contributed by atoms with van der Waals surface area (Å²) in [6.45, 7) is 4.68. The molecule has 0 bridgehead atoms. The lowest BCUT2D eigenvalue weighted by atomic mass is 10.1. The van der Waals surface area contributed by atoms with Gasteiger partial charge in [-0.1, -0.05) is 25.4 Å². The van der Waals surface area contributed by atoms with Gasteiger partial charge in [-0.2, -0.15) is 0 Å². The molecule has 94 valence electrons. The minimum Gasteiger partial charge on any atom is -0.475 e. The highest BCUT2D eigenvalue weighted by atomic mass is 16.5. The van der Waals surface area contributed by atoms with Gasteiger partial charge in [0.15, 0.2) is 5.69 Å². The summed E-state index contributed by atoms with van der Waals surface area (Å²) in [6, 6.07) is 1.14. The third-order valence-corrected chi connectivity index (χ3v) is 2.57. The van der Waals surface area contributed by atoms with Crippen LogP contribution in [0.2, 0.25) is 0 Å². The highest BCUT2D eigenvalue weighted by Crippen LogP contribution is 2.09. The number of carboxylic acid groups (broad SMARTS) is 1. The Labute approximate surface area is 99.2 Å². The average Bonchev–Trinajstić information content (AvgIpc) is 2.77. The van der Waals surface area contributed by atoms with Crippen molar-refractivity contribution in [2.24, 2.45) is 5.92 Å². The molecule has 1 atom stereocenters. The van der Waals surface area contributed by atoms with Gasteiger partial charge >= 0.3 is 5.97 Å². The fourth-order valence-corrected chi connectivity index (χ4v) is 1.35. The topological polar surface area (TPSA) is 83.6 Å². The quantitative estimate of drug-likeness (QED) is 0.842. The van der Waals surface area contributed by atoms with E-state index >= 15 is 0 Å². The molecule has 1 aromatic heterocycles. The smallest absolute Gasteiger partial charge is 0.374 e. The van der Waals surface area contributed by atoms with Crippen molar-refractivity contribution in [3.05, 3.63) is 17.5 Å². The highest BCUT2D eigenvalue weighted by Gasteiger charge is 2.20. The first-order valence-electron chi connectivity index (χ1n) is 5.41. The molecule has 1 N–H and O–H groups in total. The van der Waals surface area contributed by atoms with Gasteiger partial charge in [0, 0.05) is 19.7 Å². The van der Waals surface area contributed by atoms with Crippen LogP contribution < -0.4 is 0 Å². The molecule has 0 aliphatic rings. The molecule has 0 aromatic carbocycles. The molecule has 1 amide bonds. The number of hydrogen-bond acceptors (Lipinski definition) is 4. The van der Waals surface area contributed by atoms with Crippen LogP contribution in [0, 0.1) is 5.92 Å². The van der Waals surface area contributed by atoms with Gasteiger partial charge in [0.05, 0.1) is 0 Å². The van der Waals surface area contributed by atoms with Crippen LogP contribution in [-0.4, -0.2) is 40.6 Å². The van der Waals surface area contributed by atoms with Crippen molar-refractivity contribution in [1.29, 1.82) is 0 Å². The SMILES string of the molecule is CCC(C)CN(C)C(=O)c1cc(C(=O)O)on1. The van der Waals surface area contributed by atoms with Gasteiger partial charge in [0.2, 0.25) is 5.76 Å². The molecule has 0 aliphatic carbocycles. The van der Waals surface area contributed by atoms with E-state index in [0.29, 0.717) is 12.5 Å². The maximum absolute atomic E-state index is 11.8. The van der Waals surface area contributed by atoms with Crippen LogP contribution >= 0.6 is 0 Å². The minimum atomic E-state index is -1.24. The summed E-state index contributed by atoms with van der Waals surface area (Å²) < 4.78 is 4.53. The van der Waals surface area contributed by atoms with E-state index in [9.17, 15) is 9.59 Å². The molecule has 0 fully saturated rings. The van der Waals surface area contributed by atoms with E-state index in [1.54, 1.807) is 7.05 Å². The number of aromatic nitrogens is 1. The number of carboxylic acids is 1. The fourth-order valence-electron chi connectivity index (χ4n) is 1.35. The highest BCUT2D eigenvalue weighted by molar-refractivity contribution is 5.94. The molecule has 6 heteroatoms. The molecular weight excluding hydrogens is 224 g/mol. The molecule has 17 heavy (non-hydrogen) atoms. The molecule has 6 nitrogen and oxygen atoms in total. The van der Waals surface area contributed by atoms with Crippen molar-refractivity contribution in [1.82, 2.24) is 10.1 Å². The Balaban J connectivity index is 2.71. The number of amides is 1. The van der Waals surface area contributed by atoms with Crippen molar-refractivity contribution in [2.75, 3.05) is 13.6 Å². The molecule has 0 spiro atoms. The standard InChI is InChI=1S/C11H16N2O4/c1-4-7(2)6-13(3)10(14)8-5-9(11(15)16)17-12-8/h5,7H,4,6H2,1-3H3,(H,15,16). The van der Waals surface area contributed by atoms with Crippen LogP contribution in [0.5, 0.6) is 0 Å². The third kappa shape index (κ3) is 3.30. The van der Waals surface area contributed by atoms with Gasteiger partial charge in [-0.15, -0.1) is 0 Å². The molecule has 0 aliphatic heterocycles. The summed E-state index contributed by atoms with van der Waals surface area (Å²) in [5, 5.41) is 12.1. The fraction of sp³-hybridized carbons (Fsp3) is 0.545. The first kappa shape index (κ1) is 13.2. The van der Waals surface area contributed by atoms with Crippen LogP contribution in [-0.2, 0) is 0 Å². The Morgan fingerprint density at radius 3 is 2.71 bits per heavy atom. The lowest BCUT2D eigenvalue weighted by Gasteiger charge is -2.19. The molecule has 0 radical (unpaired) electrons. The summed E-state index contributed by atoms with van der Waals surface area (Å²) in [6.07, 6.45) is 0.969. The van der Waals surface area contributed by atoms with Crippen LogP contribution in [0.25, 0.3) is 0 Å². The summed E-state index contributed by atoms with van der Waals surface area (Å²) >= 11 is 0. The van der Waals surface area contributed by atoms with Gasteiger partial charge in [0.25, 0.3) is 5.91 Å². The molecule has 1 aromatic rings. The lowest BCUT2D eigenvalue weighted by Crippen LogP contribution is -2.31. The second-order valence-electron chi connectivity index (χ2n) is 4.08.